The van der Waals surface area contributed by atoms with Crippen LogP contribution in [0.1, 0.15) is 30.6 Å². The van der Waals surface area contributed by atoms with Crippen molar-refractivity contribution in [1.29, 1.82) is 0 Å². The normalized spacial score (nSPS) is 12.5. The Bertz CT molecular complexity index is 421. The van der Waals surface area contributed by atoms with Gasteiger partial charge in [-0.1, -0.05) is 31.5 Å². The van der Waals surface area contributed by atoms with Crippen LogP contribution in [0.2, 0.25) is 5.02 Å². The highest BCUT2D eigenvalue weighted by atomic mass is 35.5. The SMILES string of the molecule is CC(C)C(CCO)Nc1cccc(Cl)c1C(=O)O. The zero-order valence-electron chi connectivity index (χ0n) is 10.5. The number of carboxylic acids is 1. The van der Waals surface area contributed by atoms with Crippen molar-refractivity contribution in [2.75, 3.05) is 11.9 Å². The molecule has 1 aromatic carbocycles. The molecule has 0 fully saturated rings. The standard InChI is InChI=1S/C13H18ClNO3/c1-8(2)10(6-7-16)15-11-5-3-4-9(14)12(11)13(17)18/h3-5,8,10,15-16H,6-7H2,1-2H3,(H,17,18). The summed E-state index contributed by atoms with van der Waals surface area (Å²) in [6.45, 7) is 4.08. The van der Waals surface area contributed by atoms with Gasteiger partial charge in [0.15, 0.2) is 0 Å². The number of carboxylic acid groups (broad SMARTS) is 1. The summed E-state index contributed by atoms with van der Waals surface area (Å²) in [5.74, 6) is -0.785. The van der Waals surface area contributed by atoms with Crippen molar-refractivity contribution in [2.24, 2.45) is 5.92 Å². The molecule has 0 aliphatic heterocycles. The average Bonchev–Trinajstić information content (AvgIpc) is 2.27. The number of hydrogen-bond acceptors (Lipinski definition) is 3. The molecule has 18 heavy (non-hydrogen) atoms. The molecule has 5 heteroatoms. The number of carbonyl (C=O) groups is 1. The third-order valence-corrected chi connectivity index (χ3v) is 3.13. The van der Waals surface area contributed by atoms with E-state index in [4.69, 9.17) is 21.8 Å². The van der Waals surface area contributed by atoms with Crippen LogP contribution in [0.5, 0.6) is 0 Å². The largest absolute Gasteiger partial charge is 0.478 e. The van der Waals surface area contributed by atoms with E-state index in [2.05, 4.69) is 5.32 Å². The molecule has 0 bridgehead atoms. The number of benzene rings is 1. The third-order valence-electron chi connectivity index (χ3n) is 2.81. The number of rotatable bonds is 6. The van der Waals surface area contributed by atoms with E-state index in [9.17, 15) is 4.79 Å². The molecule has 0 aliphatic rings. The van der Waals surface area contributed by atoms with Gasteiger partial charge in [-0.2, -0.15) is 0 Å². The minimum Gasteiger partial charge on any atom is -0.478 e. The summed E-state index contributed by atoms with van der Waals surface area (Å²) in [7, 11) is 0. The number of aliphatic hydroxyl groups excluding tert-OH is 1. The highest BCUT2D eigenvalue weighted by molar-refractivity contribution is 6.34. The van der Waals surface area contributed by atoms with Gasteiger partial charge < -0.3 is 15.5 Å². The Morgan fingerprint density at radius 1 is 1.44 bits per heavy atom. The van der Waals surface area contributed by atoms with E-state index in [1.165, 1.54) is 0 Å². The maximum Gasteiger partial charge on any atom is 0.339 e. The molecule has 0 saturated carbocycles. The summed E-state index contributed by atoms with van der Waals surface area (Å²) in [5.41, 5.74) is 0.560. The van der Waals surface area contributed by atoms with Crippen LogP contribution in [0.3, 0.4) is 0 Å². The third kappa shape index (κ3) is 3.62. The lowest BCUT2D eigenvalue weighted by Crippen LogP contribution is -2.27. The van der Waals surface area contributed by atoms with Gasteiger partial charge in [0.05, 0.1) is 10.7 Å². The van der Waals surface area contributed by atoms with Crippen LogP contribution in [0, 0.1) is 5.92 Å². The minimum atomic E-state index is -1.06. The van der Waals surface area contributed by atoms with Gasteiger partial charge in [0.2, 0.25) is 0 Å². The summed E-state index contributed by atoms with van der Waals surface area (Å²) >= 11 is 5.89. The highest BCUT2D eigenvalue weighted by Crippen LogP contribution is 2.26. The molecule has 1 aromatic rings. The van der Waals surface area contributed by atoms with Crippen LogP contribution in [-0.2, 0) is 0 Å². The first-order valence-electron chi connectivity index (χ1n) is 5.86. The fourth-order valence-electron chi connectivity index (χ4n) is 1.77. The van der Waals surface area contributed by atoms with E-state index in [0.29, 0.717) is 12.1 Å². The molecule has 1 unspecified atom stereocenters. The summed E-state index contributed by atoms with van der Waals surface area (Å²) in [6.07, 6.45) is 0.559. The molecule has 0 spiro atoms. The average molecular weight is 272 g/mol. The van der Waals surface area contributed by atoms with Gasteiger partial charge in [-0.15, -0.1) is 0 Å². The van der Waals surface area contributed by atoms with Crippen molar-refractivity contribution < 1.29 is 15.0 Å². The van der Waals surface area contributed by atoms with E-state index < -0.39 is 5.97 Å². The first-order valence-corrected chi connectivity index (χ1v) is 6.24. The van der Waals surface area contributed by atoms with Gasteiger partial charge >= 0.3 is 5.97 Å². The fourth-order valence-corrected chi connectivity index (χ4v) is 2.03. The maximum absolute atomic E-state index is 11.2. The molecule has 0 amide bonds. The number of nitrogens with one attached hydrogen (secondary N) is 1. The van der Waals surface area contributed by atoms with Crippen LogP contribution in [0.25, 0.3) is 0 Å². The molecule has 1 atom stereocenters. The maximum atomic E-state index is 11.2. The van der Waals surface area contributed by atoms with E-state index >= 15 is 0 Å². The van der Waals surface area contributed by atoms with Gasteiger partial charge in [0.25, 0.3) is 0 Å². The minimum absolute atomic E-state index is 0.00608. The predicted octanol–water partition coefficient (Wildman–Crippen LogP) is 2.86. The molecule has 0 saturated heterocycles. The second-order valence-electron chi connectivity index (χ2n) is 4.47. The molecule has 0 aromatic heterocycles. The number of aliphatic hydroxyl groups is 1. The van der Waals surface area contributed by atoms with Gasteiger partial charge in [-0.3, -0.25) is 0 Å². The Kier molecular flexibility index (Phi) is 5.44. The number of aromatic carboxylic acids is 1. The molecule has 100 valence electrons. The Morgan fingerprint density at radius 3 is 2.61 bits per heavy atom. The molecule has 1 rings (SSSR count). The molecule has 3 N–H and O–H groups in total. The van der Waals surface area contributed by atoms with Crippen molar-refractivity contribution in [3.05, 3.63) is 28.8 Å². The highest BCUT2D eigenvalue weighted by Gasteiger charge is 2.18. The van der Waals surface area contributed by atoms with Gasteiger partial charge in [-0.05, 0) is 24.5 Å². The topological polar surface area (TPSA) is 69.6 Å². The molecular formula is C13H18ClNO3. The van der Waals surface area contributed by atoms with E-state index in [1.807, 2.05) is 13.8 Å². The van der Waals surface area contributed by atoms with Crippen molar-refractivity contribution in [3.8, 4) is 0 Å². The van der Waals surface area contributed by atoms with E-state index in [1.54, 1.807) is 18.2 Å². The Hall–Kier alpha value is -1.26. The zero-order valence-corrected chi connectivity index (χ0v) is 11.2. The second kappa shape index (κ2) is 6.61. The molecule has 0 radical (unpaired) electrons. The van der Waals surface area contributed by atoms with Crippen LogP contribution in [-0.4, -0.2) is 28.8 Å². The summed E-state index contributed by atoms with van der Waals surface area (Å²) in [5, 5.41) is 21.5. The number of anilines is 1. The lowest BCUT2D eigenvalue weighted by atomic mass is 10.0. The van der Waals surface area contributed by atoms with E-state index in [-0.39, 0.29) is 29.2 Å². The Morgan fingerprint density at radius 2 is 2.11 bits per heavy atom. The Labute approximate surface area is 112 Å². The van der Waals surface area contributed by atoms with Crippen molar-refractivity contribution in [1.82, 2.24) is 0 Å². The Balaban J connectivity index is 3.02. The molecular weight excluding hydrogens is 254 g/mol. The van der Waals surface area contributed by atoms with Gasteiger partial charge in [0, 0.05) is 12.6 Å². The van der Waals surface area contributed by atoms with E-state index in [0.717, 1.165) is 0 Å². The van der Waals surface area contributed by atoms with Crippen LogP contribution in [0.4, 0.5) is 5.69 Å². The smallest absolute Gasteiger partial charge is 0.339 e. The zero-order chi connectivity index (χ0) is 13.7. The lowest BCUT2D eigenvalue weighted by molar-refractivity contribution is 0.0698. The van der Waals surface area contributed by atoms with Gasteiger partial charge in [-0.25, -0.2) is 4.79 Å². The monoisotopic (exact) mass is 271 g/mol. The predicted molar refractivity (Wildman–Crippen MR) is 72.4 cm³/mol. The fraction of sp³-hybridized carbons (Fsp3) is 0.462. The van der Waals surface area contributed by atoms with Crippen LogP contribution >= 0.6 is 11.6 Å². The quantitative estimate of drug-likeness (QED) is 0.744. The van der Waals surface area contributed by atoms with Gasteiger partial charge in [0.1, 0.15) is 5.56 Å². The van der Waals surface area contributed by atoms with Crippen LogP contribution in [0.15, 0.2) is 18.2 Å². The molecule has 0 heterocycles. The second-order valence-corrected chi connectivity index (χ2v) is 4.88. The molecule has 0 aliphatic carbocycles. The lowest BCUT2D eigenvalue weighted by Gasteiger charge is -2.24. The number of halogens is 1. The van der Waals surface area contributed by atoms with Crippen molar-refractivity contribution in [3.63, 3.8) is 0 Å². The van der Waals surface area contributed by atoms with Crippen molar-refractivity contribution in [2.45, 2.75) is 26.3 Å². The van der Waals surface area contributed by atoms with Crippen LogP contribution < -0.4 is 5.32 Å². The first kappa shape index (κ1) is 14.8. The summed E-state index contributed by atoms with van der Waals surface area (Å²) in [4.78, 5) is 11.2. The summed E-state index contributed by atoms with van der Waals surface area (Å²) < 4.78 is 0. The number of hydrogen-bond donors (Lipinski definition) is 3. The summed E-state index contributed by atoms with van der Waals surface area (Å²) in [6, 6.07) is 4.94. The molecule has 4 nitrogen and oxygen atoms in total. The first-order chi connectivity index (χ1) is 8.47. The van der Waals surface area contributed by atoms with Crippen molar-refractivity contribution >= 4 is 23.3 Å².